The number of carboxylic acid groups (broad SMARTS) is 1. The minimum absolute atomic E-state index is 0.119. The SMILES string of the molecule is O=C(O)CCCCCNC(=O)c1ccc2[nH]ncc2c1. The highest BCUT2D eigenvalue weighted by molar-refractivity contribution is 5.97. The molecule has 6 nitrogen and oxygen atoms in total. The van der Waals surface area contributed by atoms with E-state index in [0.29, 0.717) is 18.5 Å². The second kappa shape index (κ2) is 6.70. The van der Waals surface area contributed by atoms with Crippen LogP contribution in [0.1, 0.15) is 36.0 Å². The van der Waals surface area contributed by atoms with Crippen molar-refractivity contribution in [1.82, 2.24) is 15.5 Å². The minimum atomic E-state index is -0.776. The molecule has 0 aliphatic heterocycles. The van der Waals surface area contributed by atoms with E-state index in [2.05, 4.69) is 15.5 Å². The van der Waals surface area contributed by atoms with Crippen LogP contribution in [0.25, 0.3) is 10.9 Å². The van der Waals surface area contributed by atoms with Crippen LogP contribution in [0.5, 0.6) is 0 Å². The zero-order chi connectivity index (χ0) is 14.4. The number of carboxylic acids is 1. The monoisotopic (exact) mass is 275 g/mol. The molecular weight excluding hydrogens is 258 g/mol. The van der Waals surface area contributed by atoms with Gasteiger partial charge in [-0.25, -0.2) is 0 Å². The lowest BCUT2D eigenvalue weighted by atomic mass is 10.1. The lowest BCUT2D eigenvalue weighted by Crippen LogP contribution is -2.24. The number of aromatic nitrogens is 2. The Labute approximate surface area is 116 Å². The summed E-state index contributed by atoms with van der Waals surface area (Å²) in [7, 11) is 0. The Morgan fingerprint density at radius 1 is 1.25 bits per heavy atom. The van der Waals surface area contributed by atoms with Crippen molar-refractivity contribution in [2.75, 3.05) is 6.54 Å². The van der Waals surface area contributed by atoms with E-state index in [4.69, 9.17) is 5.11 Å². The van der Waals surface area contributed by atoms with E-state index in [1.54, 1.807) is 18.3 Å². The van der Waals surface area contributed by atoms with E-state index in [1.807, 2.05) is 6.07 Å². The number of carbonyl (C=O) groups excluding carboxylic acids is 1. The average Bonchev–Trinajstić information content (AvgIpc) is 2.89. The van der Waals surface area contributed by atoms with Gasteiger partial charge in [0.15, 0.2) is 0 Å². The van der Waals surface area contributed by atoms with Crippen LogP contribution in [0, 0.1) is 0 Å². The maximum absolute atomic E-state index is 11.9. The van der Waals surface area contributed by atoms with E-state index in [1.165, 1.54) is 0 Å². The van der Waals surface area contributed by atoms with Crippen LogP contribution in [0.15, 0.2) is 24.4 Å². The molecule has 1 heterocycles. The Kier molecular flexibility index (Phi) is 4.70. The third-order valence-electron chi connectivity index (χ3n) is 3.06. The summed E-state index contributed by atoms with van der Waals surface area (Å²) in [4.78, 5) is 22.2. The van der Waals surface area contributed by atoms with Gasteiger partial charge in [0.25, 0.3) is 5.91 Å². The third kappa shape index (κ3) is 3.81. The molecular formula is C14H17N3O3. The van der Waals surface area contributed by atoms with Gasteiger partial charge in [-0.2, -0.15) is 5.10 Å². The van der Waals surface area contributed by atoms with E-state index in [9.17, 15) is 9.59 Å². The Bertz CT molecular complexity index is 606. The summed E-state index contributed by atoms with van der Waals surface area (Å²) in [5.41, 5.74) is 1.50. The number of fused-ring (bicyclic) bond motifs is 1. The summed E-state index contributed by atoms with van der Waals surface area (Å²) in [5.74, 6) is -0.895. The van der Waals surface area contributed by atoms with Crippen molar-refractivity contribution in [3.63, 3.8) is 0 Å². The molecule has 0 saturated carbocycles. The average molecular weight is 275 g/mol. The van der Waals surface area contributed by atoms with Crippen molar-refractivity contribution in [2.24, 2.45) is 0 Å². The Morgan fingerprint density at radius 2 is 2.10 bits per heavy atom. The number of benzene rings is 1. The van der Waals surface area contributed by atoms with Gasteiger partial charge in [0.1, 0.15) is 0 Å². The highest BCUT2D eigenvalue weighted by atomic mass is 16.4. The van der Waals surface area contributed by atoms with Gasteiger partial charge in [0.05, 0.1) is 11.7 Å². The molecule has 2 aromatic rings. The summed E-state index contributed by atoms with van der Waals surface area (Å²) in [5, 5.41) is 19.0. The molecule has 0 fully saturated rings. The number of H-pyrrole nitrogens is 1. The topological polar surface area (TPSA) is 95.1 Å². The van der Waals surface area contributed by atoms with Gasteiger partial charge in [-0.15, -0.1) is 0 Å². The maximum Gasteiger partial charge on any atom is 0.303 e. The van der Waals surface area contributed by atoms with Crippen molar-refractivity contribution in [3.8, 4) is 0 Å². The number of aromatic amines is 1. The van der Waals surface area contributed by atoms with Crippen molar-refractivity contribution in [1.29, 1.82) is 0 Å². The van der Waals surface area contributed by atoms with Gasteiger partial charge in [0.2, 0.25) is 0 Å². The smallest absolute Gasteiger partial charge is 0.303 e. The van der Waals surface area contributed by atoms with Crippen LogP contribution in [0.2, 0.25) is 0 Å². The molecule has 0 radical (unpaired) electrons. The Hall–Kier alpha value is -2.37. The predicted molar refractivity (Wildman–Crippen MR) is 74.5 cm³/mol. The van der Waals surface area contributed by atoms with Gasteiger partial charge in [0, 0.05) is 23.9 Å². The number of unbranched alkanes of at least 4 members (excludes halogenated alkanes) is 2. The number of nitrogens with one attached hydrogen (secondary N) is 2. The number of nitrogens with zero attached hydrogens (tertiary/aromatic N) is 1. The number of hydrogen-bond donors (Lipinski definition) is 3. The summed E-state index contributed by atoms with van der Waals surface area (Å²) in [6, 6.07) is 5.36. The highest BCUT2D eigenvalue weighted by Crippen LogP contribution is 2.12. The number of rotatable bonds is 7. The van der Waals surface area contributed by atoms with Crippen molar-refractivity contribution in [2.45, 2.75) is 25.7 Å². The summed E-state index contributed by atoms with van der Waals surface area (Å²) < 4.78 is 0. The fourth-order valence-corrected chi connectivity index (χ4v) is 1.97. The van der Waals surface area contributed by atoms with E-state index >= 15 is 0 Å². The summed E-state index contributed by atoms with van der Waals surface area (Å²) in [6.45, 7) is 0.557. The second-order valence-corrected chi connectivity index (χ2v) is 4.63. The molecule has 20 heavy (non-hydrogen) atoms. The molecule has 0 saturated heterocycles. The number of amides is 1. The van der Waals surface area contributed by atoms with Gasteiger partial charge < -0.3 is 10.4 Å². The minimum Gasteiger partial charge on any atom is -0.481 e. The van der Waals surface area contributed by atoms with E-state index in [-0.39, 0.29) is 12.3 Å². The van der Waals surface area contributed by atoms with Gasteiger partial charge in [-0.3, -0.25) is 14.7 Å². The normalized spacial score (nSPS) is 10.6. The molecule has 0 unspecified atom stereocenters. The second-order valence-electron chi connectivity index (χ2n) is 4.63. The first-order valence-corrected chi connectivity index (χ1v) is 6.60. The first kappa shape index (κ1) is 14.0. The number of carbonyl (C=O) groups is 2. The number of hydrogen-bond acceptors (Lipinski definition) is 3. The van der Waals surface area contributed by atoms with Crippen LogP contribution >= 0.6 is 0 Å². The van der Waals surface area contributed by atoms with E-state index < -0.39 is 5.97 Å². The zero-order valence-corrected chi connectivity index (χ0v) is 11.1. The lowest BCUT2D eigenvalue weighted by molar-refractivity contribution is -0.137. The van der Waals surface area contributed by atoms with Crippen molar-refractivity contribution >= 4 is 22.8 Å². The largest absolute Gasteiger partial charge is 0.481 e. The molecule has 2 rings (SSSR count). The predicted octanol–water partition coefficient (Wildman–Crippen LogP) is 1.94. The first-order chi connectivity index (χ1) is 9.66. The fourth-order valence-electron chi connectivity index (χ4n) is 1.97. The van der Waals surface area contributed by atoms with Crippen LogP contribution < -0.4 is 5.32 Å². The molecule has 0 spiro atoms. The Balaban J connectivity index is 1.75. The first-order valence-electron chi connectivity index (χ1n) is 6.60. The van der Waals surface area contributed by atoms with Crippen molar-refractivity contribution in [3.05, 3.63) is 30.0 Å². The highest BCUT2D eigenvalue weighted by Gasteiger charge is 2.06. The summed E-state index contributed by atoms with van der Waals surface area (Å²) >= 11 is 0. The molecule has 0 aliphatic rings. The van der Waals surface area contributed by atoms with Gasteiger partial charge >= 0.3 is 5.97 Å². The van der Waals surface area contributed by atoms with Crippen LogP contribution in [-0.4, -0.2) is 33.7 Å². The standard InChI is InChI=1S/C14H17N3O3/c18-13(19)4-2-1-3-7-15-14(20)10-5-6-12-11(8-10)9-16-17-12/h5-6,8-9H,1-4,7H2,(H,15,20)(H,16,17)(H,18,19). The molecule has 1 aromatic heterocycles. The molecule has 0 bridgehead atoms. The molecule has 1 amide bonds. The maximum atomic E-state index is 11.9. The van der Waals surface area contributed by atoms with Gasteiger partial charge in [-0.05, 0) is 31.0 Å². The molecule has 0 aliphatic carbocycles. The van der Waals surface area contributed by atoms with Crippen LogP contribution in [0.4, 0.5) is 0 Å². The van der Waals surface area contributed by atoms with E-state index in [0.717, 1.165) is 23.7 Å². The molecule has 3 N–H and O–H groups in total. The van der Waals surface area contributed by atoms with Crippen LogP contribution in [-0.2, 0) is 4.79 Å². The third-order valence-corrected chi connectivity index (χ3v) is 3.06. The molecule has 106 valence electrons. The lowest BCUT2D eigenvalue weighted by Gasteiger charge is -2.05. The van der Waals surface area contributed by atoms with Crippen LogP contribution in [0.3, 0.4) is 0 Å². The zero-order valence-electron chi connectivity index (χ0n) is 11.1. The van der Waals surface area contributed by atoms with Crippen molar-refractivity contribution < 1.29 is 14.7 Å². The molecule has 1 aromatic carbocycles. The molecule has 0 atom stereocenters. The quantitative estimate of drug-likeness (QED) is 0.673. The Morgan fingerprint density at radius 3 is 2.90 bits per heavy atom. The number of aliphatic carboxylic acids is 1. The fraction of sp³-hybridized carbons (Fsp3) is 0.357. The van der Waals surface area contributed by atoms with Gasteiger partial charge in [-0.1, -0.05) is 6.42 Å². The molecule has 6 heteroatoms. The summed E-state index contributed by atoms with van der Waals surface area (Å²) in [6.07, 6.45) is 4.09.